The number of sulfone groups is 1. The SMILES string of the molecule is O=S(=O)(c1cccc(CCCCOCCCCCCNC(CO)c2ccc(O)c(CO)c2)c1)C1CCCC1. The van der Waals surface area contributed by atoms with E-state index in [4.69, 9.17) is 4.74 Å². The van der Waals surface area contributed by atoms with E-state index >= 15 is 0 Å². The second-order valence-corrected chi connectivity index (χ2v) is 12.5. The lowest BCUT2D eigenvalue weighted by Crippen LogP contribution is -2.25. The van der Waals surface area contributed by atoms with Gasteiger partial charge in [0.15, 0.2) is 9.84 Å². The first kappa shape index (κ1) is 30.6. The minimum atomic E-state index is -3.19. The Morgan fingerprint density at radius 2 is 1.66 bits per heavy atom. The Balaban J connectivity index is 1.21. The summed E-state index contributed by atoms with van der Waals surface area (Å²) in [6.45, 7) is 1.97. The van der Waals surface area contributed by atoms with Crippen LogP contribution in [-0.4, -0.2) is 55.4 Å². The number of hydrogen-bond donors (Lipinski definition) is 4. The Kier molecular flexibility index (Phi) is 13.0. The lowest BCUT2D eigenvalue weighted by molar-refractivity contribution is 0.126. The molecule has 1 saturated carbocycles. The second kappa shape index (κ2) is 16.2. The highest BCUT2D eigenvalue weighted by Crippen LogP contribution is 2.30. The van der Waals surface area contributed by atoms with Crippen LogP contribution in [0.25, 0.3) is 0 Å². The maximum absolute atomic E-state index is 12.8. The van der Waals surface area contributed by atoms with Gasteiger partial charge >= 0.3 is 0 Å². The highest BCUT2D eigenvalue weighted by atomic mass is 32.2. The number of aromatic hydroxyl groups is 1. The van der Waals surface area contributed by atoms with Crippen molar-refractivity contribution in [3.05, 3.63) is 59.2 Å². The molecule has 1 aliphatic carbocycles. The van der Waals surface area contributed by atoms with Crippen LogP contribution in [0.4, 0.5) is 0 Å². The van der Waals surface area contributed by atoms with Crippen molar-refractivity contribution >= 4 is 9.84 Å². The predicted octanol–water partition coefficient (Wildman–Crippen LogP) is 4.82. The van der Waals surface area contributed by atoms with Gasteiger partial charge in [-0.1, -0.05) is 43.9 Å². The van der Waals surface area contributed by atoms with Crippen molar-refractivity contribution < 1.29 is 28.5 Å². The predicted molar refractivity (Wildman–Crippen MR) is 150 cm³/mol. The van der Waals surface area contributed by atoms with Crippen molar-refractivity contribution in [1.29, 1.82) is 0 Å². The molecule has 0 aliphatic heterocycles. The molecule has 212 valence electrons. The molecule has 0 aromatic heterocycles. The summed E-state index contributed by atoms with van der Waals surface area (Å²) in [5.74, 6) is 0.0623. The average molecular weight is 548 g/mol. The summed E-state index contributed by atoms with van der Waals surface area (Å²) in [4.78, 5) is 0.483. The van der Waals surface area contributed by atoms with Crippen LogP contribution in [0.2, 0.25) is 0 Å². The number of aliphatic hydroxyl groups excluding tert-OH is 2. The van der Waals surface area contributed by atoms with E-state index in [1.807, 2.05) is 18.2 Å². The molecule has 2 aromatic rings. The first-order valence-electron chi connectivity index (χ1n) is 14.1. The van der Waals surface area contributed by atoms with Crippen LogP contribution in [0.5, 0.6) is 5.75 Å². The number of benzene rings is 2. The van der Waals surface area contributed by atoms with Crippen LogP contribution in [0, 0.1) is 0 Å². The molecule has 2 aromatic carbocycles. The number of unbranched alkanes of at least 4 members (excludes halogenated alkanes) is 4. The third kappa shape index (κ3) is 9.35. The summed E-state index contributed by atoms with van der Waals surface area (Å²) >= 11 is 0. The quantitative estimate of drug-likeness (QED) is 0.198. The van der Waals surface area contributed by atoms with Gasteiger partial charge in [-0.3, -0.25) is 0 Å². The van der Waals surface area contributed by atoms with E-state index in [-0.39, 0.29) is 30.3 Å². The van der Waals surface area contributed by atoms with Gasteiger partial charge in [0.2, 0.25) is 0 Å². The van der Waals surface area contributed by atoms with Gasteiger partial charge in [0.25, 0.3) is 0 Å². The van der Waals surface area contributed by atoms with Crippen molar-refractivity contribution in [2.75, 3.05) is 26.4 Å². The molecule has 8 heteroatoms. The monoisotopic (exact) mass is 547 g/mol. The zero-order valence-electron chi connectivity index (χ0n) is 22.5. The molecule has 0 heterocycles. The van der Waals surface area contributed by atoms with Gasteiger partial charge in [0.1, 0.15) is 5.75 Å². The van der Waals surface area contributed by atoms with E-state index in [0.29, 0.717) is 10.5 Å². The molecule has 0 amide bonds. The van der Waals surface area contributed by atoms with Crippen molar-refractivity contribution in [2.24, 2.45) is 0 Å². The fourth-order valence-corrected chi connectivity index (χ4v) is 7.02. The van der Waals surface area contributed by atoms with Crippen LogP contribution < -0.4 is 5.32 Å². The van der Waals surface area contributed by atoms with E-state index in [0.717, 1.165) is 102 Å². The van der Waals surface area contributed by atoms with Gasteiger partial charge in [0, 0.05) is 18.8 Å². The van der Waals surface area contributed by atoms with Crippen LogP contribution in [0.15, 0.2) is 47.4 Å². The van der Waals surface area contributed by atoms with Crippen molar-refractivity contribution in [2.45, 2.75) is 93.4 Å². The van der Waals surface area contributed by atoms with E-state index < -0.39 is 9.84 Å². The molecule has 38 heavy (non-hydrogen) atoms. The maximum atomic E-state index is 12.8. The number of phenols is 1. The minimum absolute atomic E-state index is 0.0471. The Bertz CT molecular complexity index is 1070. The Morgan fingerprint density at radius 1 is 0.921 bits per heavy atom. The molecule has 0 spiro atoms. The fourth-order valence-electron chi connectivity index (χ4n) is 5.10. The highest BCUT2D eigenvalue weighted by molar-refractivity contribution is 7.92. The molecule has 7 nitrogen and oxygen atoms in total. The number of aliphatic hydroxyl groups is 2. The van der Waals surface area contributed by atoms with Gasteiger partial charge in [0.05, 0.1) is 29.4 Å². The summed E-state index contributed by atoms with van der Waals surface area (Å²) in [7, 11) is -3.19. The number of hydrogen-bond acceptors (Lipinski definition) is 7. The van der Waals surface area contributed by atoms with Gasteiger partial charge < -0.3 is 25.4 Å². The molecule has 0 saturated heterocycles. The zero-order valence-corrected chi connectivity index (χ0v) is 23.3. The lowest BCUT2D eigenvalue weighted by Gasteiger charge is -2.18. The van der Waals surface area contributed by atoms with Gasteiger partial charge in [-0.25, -0.2) is 8.42 Å². The lowest BCUT2D eigenvalue weighted by atomic mass is 10.0. The summed E-state index contributed by atoms with van der Waals surface area (Å²) in [6.07, 6.45) is 10.6. The molecule has 1 unspecified atom stereocenters. The van der Waals surface area contributed by atoms with Crippen LogP contribution >= 0.6 is 0 Å². The summed E-state index contributed by atoms with van der Waals surface area (Å²) < 4.78 is 31.4. The van der Waals surface area contributed by atoms with Crippen molar-refractivity contribution in [1.82, 2.24) is 5.32 Å². The zero-order chi connectivity index (χ0) is 27.2. The average Bonchev–Trinajstić information content (AvgIpc) is 3.48. The number of aryl methyl sites for hydroxylation is 1. The fraction of sp³-hybridized carbons (Fsp3) is 0.600. The first-order valence-corrected chi connectivity index (χ1v) is 15.7. The van der Waals surface area contributed by atoms with E-state index in [1.54, 1.807) is 24.3 Å². The molecular formula is C30H45NO6S. The van der Waals surface area contributed by atoms with Crippen molar-refractivity contribution in [3.8, 4) is 5.75 Å². The summed E-state index contributed by atoms with van der Waals surface area (Å²) in [5.41, 5.74) is 2.40. The van der Waals surface area contributed by atoms with Gasteiger partial charge in [-0.15, -0.1) is 0 Å². The first-order chi connectivity index (χ1) is 18.5. The van der Waals surface area contributed by atoms with Crippen LogP contribution in [-0.2, 0) is 27.6 Å². The van der Waals surface area contributed by atoms with E-state index in [1.165, 1.54) is 0 Å². The number of nitrogens with one attached hydrogen (secondary N) is 1. The molecule has 0 radical (unpaired) electrons. The Morgan fingerprint density at radius 3 is 2.39 bits per heavy atom. The van der Waals surface area contributed by atoms with Crippen LogP contribution in [0.1, 0.15) is 86.9 Å². The number of ether oxygens (including phenoxy) is 1. The molecule has 0 bridgehead atoms. The summed E-state index contributed by atoms with van der Waals surface area (Å²) in [5, 5.41) is 31.9. The molecule has 3 rings (SSSR count). The molecule has 1 aliphatic rings. The topological polar surface area (TPSA) is 116 Å². The molecule has 1 atom stereocenters. The van der Waals surface area contributed by atoms with Crippen LogP contribution in [0.3, 0.4) is 0 Å². The summed E-state index contributed by atoms with van der Waals surface area (Å²) in [6, 6.07) is 12.3. The largest absolute Gasteiger partial charge is 0.508 e. The van der Waals surface area contributed by atoms with E-state index in [2.05, 4.69) is 5.32 Å². The highest BCUT2D eigenvalue weighted by Gasteiger charge is 2.30. The number of rotatable bonds is 18. The Hall–Kier alpha value is -1.97. The smallest absolute Gasteiger partial charge is 0.181 e. The third-order valence-electron chi connectivity index (χ3n) is 7.44. The van der Waals surface area contributed by atoms with Gasteiger partial charge in [-0.2, -0.15) is 0 Å². The standard InChI is InChI=1S/C30H45NO6S/c32-22-26-21-25(15-16-30(26)34)29(23-33)31-17-6-1-2-7-18-37-19-8-5-10-24-11-9-14-28(20-24)38(35,36)27-12-3-4-13-27/h9,11,14-16,20-21,27,29,31-34H,1-8,10,12-13,17-19,22-23H2. The minimum Gasteiger partial charge on any atom is -0.508 e. The second-order valence-electron chi connectivity index (χ2n) is 10.3. The molecule has 4 N–H and O–H groups in total. The van der Waals surface area contributed by atoms with E-state index in [9.17, 15) is 23.7 Å². The molecule has 1 fully saturated rings. The normalized spacial score (nSPS) is 15.2. The molecular weight excluding hydrogens is 502 g/mol. The van der Waals surface area contributed by atoms with Gasteiger partial charge in [-0.05, 0) is 86.9 Å². The third-order valence-corrected chi connectivity index (χ3v) is 9.70. The Labute approximate surface area is 228 Å². The van der Waals surface area contributed by atoms with Crippen molar-refractivity contribution in [3.63, 3.8) is 0 Å². The maximum Gasteiger partial charge on any atom is 0.181 e.